The molecule has 0 bridgehead atoms. The summed E-state index contributed by atoms with van der Waals surface area (Å²) in [6.45, 7) is 5.49. The number of hydrogen-bond acceptors (Lipinski definition) is 2. The maximum atomic E-state index is 12.7. The van der Waals surface area contributed by atoms with Crippen molar-refractivity contribution in [3.8, 4) is 0 Å². The Morgan fingerprint density at radius 1 is 1.23 bits per heavy atom. The van der Waals surface area contributed by atoms with Gasteiger partial charge in [0.2, 0.25) is 0 Å². The molecule has 6 heteroatoms. The highest BCUT2D eigenvalue weighted by molar-refractivity contribution is 6.34. The van der Waals surface area contributed by atoms with Gasteiger partial charge in [-0.2, -0.15) is 0 Å². The van der Waals surface area contributed by atoms with Crippen molar-refractivity contribution in [2.45, 2.75) is 52.0 Å². The second-order valence-corrected chi connectivity index (χ2v) is 8.23. The lowest BCUT2D eigenvalue weighted by Gasteiger charge is -2.37. The maximum Gasteiger partial charge on any atom is 0.322 e. The first-order valence-electron chi connectivity index (χ1n) is 9.61. The summed E-state index contributed by atoms with van der Waals surface area (Å²) in [6, 6.07) is 5.38. The van der Waals surface area contributed by atoms with Crippen LogP contribution in [0.3, 0.4) is 0 Å². The number of nitrogens with one attached hydrogen (secondary N) is 2. The van der Waals surface area contributed by atoms with Gasteiger partial charge in [0.25, 0.3) is 5.91 Å². The number of benzene rings is 1. The van der Waals surface area contributed by atoms with Gasteiger partial charge in [0.05, 0.1) is 10.6 Å². The smallest absolute Gasteiger partial charge is 0.322 e. The average Bonchev–Trinajstić information content (AvgIpc) is 3.08. The lowest BCUT2D eigenvalue weighted by atomic mass is 9.92. The molecule has 1 heterocycles. The van der Waals surface area contributed by atoms with Crippen LogP contribution >= 0.6 is 11.6 Å². The minimum absolute atomic E-state index is 0.0605. The van der Waals surface area contributed by atoms with Gasteiger partial charge in [-0.1, -0.05) is 31.9 Å². The van der Waals surface area contributed by atoms with Crippen molar-refractivity contribution >= 4 is 29.2 Å². The lowest BCUT2D eigenvalue weighted by molar-refractivity contribution is 0.0949. The average molecular weight is 378 g/mol. The van der Waals surface area contributed by atoms with Crippen molar-refractivity contribution in [1.29, 1.82) is 0 Å². The molecule has 2 fully saturated rings. The molecule has 142 valence electrons. The van der Waals surface area contributed by atoms with Gasteiger partial charge in [0.15, 0.2) is 0 Å². The maximum absolute atomic E-state index is 12.7. The number of urea groups is 1. The van der Waals surface area contributed by atoms with E-state index in [9.17, 15) is 9.59 Å². The first kappa shape index (κ1) is 19.0. The Morgan fingerprint density at radius 3 is 2.73 bits per heavy atom. The number of piperidine rings is 1. The summed E-state index contributed by atoms with van der Waals surface area (Å²) in [5.74, 6) is 0.844. The van der Waals surface area contributed by atoms with Gasteiger partial charge < -0.3 is 15.5 Å². The molecule has 1 aromatic carbocycles. The summed E-state index contributed by atoms with van der Waals surface area (Å²) in [5.41, 5.74) is 1.06. The summed E-state index contributed by atoms with van der Waals surface area (Å²) in [4.78, 5) is 26.9. The number of carbonyl (C=O) groups excluding carboxylic acids is 2. The van der Waals surface area contributed by atoms with Crippen molar-refractivity contribution in [3.63, 3.8) is 0 Å². The van der Waals surface area contributed by atoms with Crippen LogP contribution in [0.2, 0.25) is 5.02 Å². The molecule has 0 spiro atoms. The number of fused-ring (bicyclic) bond motifs is 1. The van der Waals surface area contributed by atoms with Crippen molar-refractivity contribution < 1.29 is 9.59 Å². The highest BCUT2D eigenvalue weighted by Crippen LogP contribution is 2.37. The van der Waals surface area contributed by atoms with Crippen LogP contribution in [-0.4, -0.2) is 36.0 Å². The van der Waals surface area contributed by atoms with E-state index in [1.54, 1.807) is 18.2 Å². The molecular formula is C20H28ClN3O2. The molecule has 2 N–H and O–H groups in total. The predicted octanol–water partition coefficient (Wildman–Crippen LogP) is 4.52. The molecule has 2 atom stereocenters. The van der Waals surface area contributed by atoms with Crippen LogP contribution in [0.4, 0.5) is 10.5 Å². The first-order valence-corrected chi connectivity index (χ1v) is 9.99. The van der Waals surface area contributed by atoms with Gasteiger partial charge in [-0.15, -0.1) is 0 Å². The molecule has 1 aromatic rings. The SMILES string of the molecule is CC(C)CNC(=O)c1ccc(NC(=O)N2CCCC3CCCC32)cc1Cl. The Kier molecular flexibility index (Phi) is 6.07. The van der Waals surface area contributed by atoms with Crippen molar-refractivity contribution in [2.24, 2.45) is 11.8 Å². The zero-order valence-corrected chi connectivity index (χ0v) is 16.3. The topological polar surface area (TPSA) is 61.4 Å². The van der Waals surface area contributed by atoms with Crippen LogP contribution in [0.1, 0.15) is 56.3 Å². The minimum atomic E-state index is -0.189. The monoisotopic (exact) mass is 377 g/mol. The molecule has 1 saturated heterocycles. The largest absolute Gasteiger partial charge is 0.352 e. The Hall–Kier alpha value is -1.75. The van der Waals surface area contributed by atoms with E-state index >= 15 is 0 Å². The fraction of sp³-hybridized carbons (Fsp3) is 0.600. The fourth-order valence-corrected chi connectivity index (χ4v) is 4.34. The Balaban J connectivity index is 1.64. The second-order valence-electron chi connectivity index (χ2n) is 7.82. The van der Waals surface area contributed by atoms with Gasteiger partial charge in [-0.25, -0.2) is 4.79 Å². The van der Waals surface area contributed by atoms with Crippen molar-refractivity contribution in [2.75, 3.05) is 18.4 Å². The quantitative estimate of drug-likeness (QED) is 0.810. The Morgan fingerprint density at radius 2 is 2.00 bits per heavy atom. The van der Waals surface area contributed by atoms with E-state index in [-0.39, 0.29) is 11.9 Å². The third kappa shape index (κ3) is 4.32. The molecule has 2 unspecified atom stereocenters. The molecule has 0 aromatic heterocycles. The van der Waals surface area contributed by atoms with E-state index in [1.165, 1.54) is 19.3 Å². The number of nitrogens with zero attached hydrogens (tertiary/aromatic N) is 1. The zero-order chi connectivity index (χ0) is 18.7. The van der Waals surface area contributed by atoms with Gasteiger partial charge in [0, 0.05) is 24.8 Å². The summed E-state index contributed by atoms with van der Waals surface area (Å²) in [5, 5.41) is 6.16. The number of halogens is 1. The van der Waals surface area contributed by atoms with E-state index < -0.39 is 0 Å². The normalized spacial score (nSPS) is 22.2. The number of likely N-dealkylation sites (tertiary alicyclic amines) is 1. The van der Waals surface area contributed by atoms with Crippen LogP contribution in [0.25, 0.3) is 0 Å². The summed E-state index contributed by atoms with van der Waals surface area (Å²) < 4.78 is 0. The molecule has 3 rings (SSSR count). The highest BCUT2D eigenvalue weighted by Gasteiger charge is 2.37. The van der Waals surface area contributed by atoms with Crippen LogP contribution in [0.5, 0.6) is 0 Å². The van der Waals surface area contributed by atoms with E-state index in [0.717, 1.165) is 19.4 Å². The lowest BCUT2D eigenvalue weighted by Crippen LogP contribution is -2.48. The van der Waals surface area contributed by atoms with E-state index in [4.69, 9.17) is 11.6 Å². The molecule has 26 heavy (non-hydrogen) atoms. The molecule has 0 radical (unpaired) electrons. The fourth-order valence-electron chi connectivity index (χ4n) is 4.07. The number of amides is 3. The van der Waals surface area contributed by atoms with Crippen LogP contribution < -0.4 is 10.6 Å². The standard InChI is InChI=1S/C20H28ClN3O2/c1-13(2)12-22-19(25)16-9-8-15(11-17(16)21)23-20(26)24-10-4-6-14-5-3-7-18(14)24/h8-9,11,13-14,18H,3-7,10,12H2,1-2H3,(H,22,25)(H,23,26). The number of carbonyl (C=O) groups is 2. The second kappa shape index (κ2) is 8.30. The van der Waals surface area contributed by atoms with Crippen LogP contribution in [0.15, 0.2) is 18.2 Å². The summed E-state index contributed by atoms with van der Waals surface area (Å²) >= 11 is 6.27. The molecule has 5 nitrogen and oxygen atoms in total. The van der Waals surface area contributed by atoms with E-state index in [1.807, 2.05) is 18.7 Å². The zero-order valence-electron chi connectivity index (χ0n) is 15.6. The summed E-state index contributed by atoms with van der Waals surface area (Å²) in [6.07, 6.45) is 5.87. The van der Waals surface area contributed by atoms with Gasteiger partial charge in [0.1, 0.15) is 0 Å². The molecule has 1 aliphatic heterocycles. The first-order chi connectivity index (χ1) is 12.5. The highest BCUT2D eigenvalue weighted by atomic mass is 35.5. The minimum Gasteiger partial charge on any atom is -0.352 e. The third-order valence-electron chi connectivity index (χ3n) is 5.39. The Bertz CT molecular complexity index is 677. The molecule has 3 amide bonds. The van der Waals surface area contributed by atoms with Crippen LogP contribution in [-0.2, 0) is 0 Å². The van der Waals surface area contributed by atoms with Gasteiger partial charge in [-0.3, -0.25) is 4.79 Å². The molecule has 1 aliphatic carbocycles. The molecule has 2 aliphatic rings. The number of rotatable bonds is 4. The van der Waals surface area contributed by atoms with Gasteiger partial charge >= 0.3 is 6.03 Å². The predicted molar refractivity (Wildman–Crippen MR) is 105 cm³/mol. The Labute approximate surface area is 160 Å². The molecule has 1 saturated carbocycles. The molecular weight excluding hydrogens is 350 g/mol. The summed E-state index contributed by atoms with van der Waals surface area (Å²) in [7, 11) is 0. The van der Waals surface area contributed by atoms with E-state index in [0.29, 0.717) is 40.7 Å². The van der Waals surface area contributed by atoms with Crippen LogP contribution in [0, 0.1) is 11.8 Å². The van der Waals surface area contributed by atoms with Crippen molar-refractivity contribution in [1.82, 2.24) is 10.2 Å². The van der Waals surface area contributed by atoms with E-state index in [2.05, 4.69) is 10.6 Å². The number of anilines is 1. The van der Waals surface area contributed by atoms with Crippen molar-refractivity contribution in [3.05, 3.63) is 28.8 Å². The van der Waals surface area contributed by atoms with Gasteiger partial charge in [-0.05, 0) is 55.7 Å². The third-order valence-corrected chi connectivity index (χ3v) is 5.70. The number of hydrogen-bond donors (Lipinski definition) is 2.